The second kappa shape index (κ2) is 7.57. The van der Waals surface area contributed by atoms with Gasteiger partial charge >= 0.3 is 0 Å². The van der Waals surface area contributed by atoms with Gasteiger partial charge in [-0.2, -0.15) is 0 Å². The molecule has 1 fully saturated rings. The Hall–Kier alpha value is -3.22. The van der Waals surface area contributed by atoms with E-state index in [-0.39, 0.29) is 18.0 Å². The third-order valence-electron chi connectivity index (χ3n) is 4.78. The molecule has 7 nitrogen and oxygen atoms in total. The standard InChI is InChI=1S/C20H21N5O2/c26-19(14-25-17-6-2-1-5-16(17)21-13-20(25)27)23-12-15-7-8-18(22-11-15)24-9-3-4-10-24/h1-2,5-8,11,13H,3-4,9-10,12,14H2,(H,23,26). The fourth-order valence-electron chi connectivity index (χ4n) is 3.33. The molecule has 7 heteroatoms. The summed E-state index contributed by atoms with van der Waals surface area (Å²) in [6.07, 6.45) is 5.46. The number of rotatable bonds is 5. The van der Waals surface area contributed by atoms with Crippen molar-refractivity contribution < 1.29 is 4.79 Å². The Balaban J connectivity index is 1.40. The Morgan fingerprint density at radius 3 is 2.63 bits per heavy atom. The Labute approximate surface area is 156 Å². The number of amides is 1. The number of carbonyl (C=O) groups is 1. The van der Waals surface area contributed by atoms with Crippen LogP contribution in [-0.2, 0) is 17.9 Å². The Bertz CT molecular complexity index is 1010. The number of para-hydroxylation sites is 2. The number of carbonyl (C=O) groups excluding carboxylic acids is 1. The monoisotopic (exact) mass is 363 g/mol. The highest BCUT2D eigenvalue weighted by molar-refractivity contribution is 5.79. The van der Waals surface area contributed by atoms with Gasteiger partial charge in [-0.05, 0) is 36.6 Å². The van der Waals surface area contributed by atoms with Gasteiger partial charge in [0.25, 0.3) is 5.56 Å². The van der Waals surface area contributed by atoms with Gasteiger partial charge in [-0.25, -0.2) is 9.97 Å². The molecule has 27 heavy (non-hydrogen) atoms. The SMILES string of the molecule is O=C(Cn1c(=O)cnc2ccccc21)NCc1ccc(N2CCCC2)nc1. The summed E-state index contributed by atoms with van der Waals surface area (Å²) in [5.74, 6) is 0.759. The third-order valence-corrected chi connectivity index (χ3v) is 4.78. The van der Waals surface area contributed by atoms with Gasteiger partial charge in [-0.15, -0.1) is 0 Å². The predicted octanol–water partition coefficient (Wildman–Crippen LogP) is 1.71. The summed E-state index contributed by atoms with van der Waals surface area (Å²) in [7, 11) is 0. The van der Waals surface area contributed by atoms with E-state index in [4.69, 9.17) is 0 Å². The first-order chi connectivity index (χ1) is 13.2. The lowest BCUT2D eigenvalue weighted by Crippen LogP contribution is -2.32. The van der Waals surface area contributed by atoms with E-state index in [0.29, 0.717) is 17.6 Å². The minimum absolute atomic E-state index is 0.0405. The Morgan fingerprint density at radius 2 is 1.85 bits per heavy atom. The minimum atomic E-state index is -0.291. The van der Waals surface area contributed by atoms with Crippen molar-refractivity contribution in [2.75, 3.05) is 18.0 Å². The van der Waals surface area contributed by atoms with Crippen molar-refractivity contribution >= 4 is 22.8 Å². The molecule has 0 unspecified atom stereocenters. The number of nitrogens with one attached hydrogen (secondary N) is 1. The van der Waals surface area contributed by atoms with E-state index in [1.807, 2.05) is 30.3 Å². The van der Waals surface area contributed by atoms with Crippen LogP contribution in [0.5, 0.6) is 0 Å². The number of nitrogens with zero attached hydrogens (tertiary/aromatic N) is 4. The topological polar surface area (TPSA) is 80.1 Å². The van der Waals surface area contributed by atoms with Crippen LogP contribution in [0.25, 0.3) is 11.0 Å². The highest BCUT2D eigenvalue weighted by atomic mass is 16.2. The van der Waals surface area contributed by atoms with E-state index in [1.54, 1.807) is 12.3 Å². The summed E-state index contributed by atoms with van der Waals surface area (Å²) in [6, 6.07) is 11.3. The molecular weight excluding hydrogens is 342 g/mol. The van der Waals surface area contributed by atoms with E-state index in [0.717, 1.165) is 24.5 Å². The first-order valence-corrected chi connectivity index (χ1v) is 9.12. The van der Waals surface area contributed by atoms with Crippen LogP contribution in [0, 0.1) is 0 Å². The van der Waals surface area contributed by atoms with E-state index in [9.17, 15) is 9.59 Å². The second-order valence-corrected chi connectivity index (χ2v) is 6.67. The average molecular weight is 363 g/mol. The van der Waals surface area contributed by atoms with Crippen molar-refractivity contribution in [1.29, 1.82) is 0 Å². The van der Waals surface area contributed by atoms with E-state index >= 15 is 0 Å². The van der Waals surface area contributed by atoms with Gasteiger partial charge in [0.2, 0.25) is 5.91 Å². The molecule has 0 bridgehead atoms. The van der Waals surface area contributed by atoms with Crippen LogP contribution in [0.1, 0.15) is 18.4 Å². The number of hydrogen-bond acceptors (Lipinski definition) is 5. The van der Waals surface area contributed by atoms with Gasteiger partial charge in [0.05, 0.1) is 17.2 Å². The molecule has 1 aromatic carbocycles. The summed E-state index contributed by atoms with van der Waals surface area (Å²) >= 11 is 0. The predicted molar refractivity (Wildman–Crippen MR) is 104 cm³/mol. The lowest BCUT2D eigenvalue weighted by molar-refractivity contribution is -0.121. The zero-order valence-electron chi connectivity index (χ0n) is 15.0. The maximum absolute atomic E-state index is 12.3. The molecular formula is C20H21N5O2. The van der Waals surface area contributed by atoms with Crippen LogP contribution >= 0.6 is 0 Å². The summed E-state index contributed by atoms with van der Waals surface area (Å²) in [5.41, 5.74) is 1.97. The molecule has 1 N–H and O–H groups in total. The highest BCUT2D eigenvalue weighted by Crippen LogP contribution is 2.17. The fraction of sp³-hybridized carbons (Fsp3) is 0.300. The molecule has 2 aromatic heterocycles. The lowest BCUT2D eigenvalue weighted by atomic mass is 10.2. The smallest absolute Gasteiger partial charge is 0.269 e. The minimum Gasteiger partial charge on any atom is -0.357 e. The van der Waals surface area contributed by atoms with Crippen LogP contribution in [0.2, 0.25) is 0 Å². The molecule has 1 amide bonds. The molecule has 1 aliphatic heterocycles. The maximum Gasteiger partial charge on any atom is 0.269 e. The number of anilines is 1. The van der Waals surface area contributed by atoms with Gasteiger partial charge in [0, 0.05) is 25.8 Å². The molecule has 4 rings (SSSR count). The van der Waals surface area contributed by atoms with Gasteiger partial charge in [0.1, 0.15) is 12.4 Å². The van der Waals surface area contributed by atoms with Crippen molar-refractivity contribution in [2.45, 2.75) is 25.9 Å². The molecule has 0 spiro atoms. The van der Waals surface area contributed by atoms with Crippen LogP contribution < -0.4 is 15.8 Å². The summed E-state index contributed by atoms with van der Waals surface area (Å²) in [4.78, 5) is 35.3. The number of benzene rings is 1. The molecule has 3 heterocycles. The van der Waals surface area contributed by atoms with Crippen molar-refractivity contribution in [3.05, 3.63) is 64.7 Å². The Morgan fingerprint density at radius 1 is 1.04 bits per heavy atom. The molecule has 138 valence electrons. The zero-order valence-corrected chi connectivity index (χ0v) is 15.0. The molecule has 1 saturated heterocycles. The van der Waals surface area contributed by atoms with Crippen molar-refractivity contribution in [1.82, 2.24) is 19.9 Å². The number of hydrogen-bond donors (Lipinski definition) is 1. The molecule has 0 saturated carbocycles. The van der Waals surface area contributed by atoms with Crippen molar-refractivity contribution in [3.8, 4) is 0 Å². The number of fused-ring (bicyclic) bond motifs is 1. The lowest BCUT2D eigenvalue weighted by Gasteiger charge is -2.16. The van der Waals surface area contributed by atoms with E-state index in [1.165, 1.54) is 23.6 Å². The second-order valence-electron chi connectivity index (χ2n) is 6.67. The quantitative estimate of drug-likeness (QED) is 0.746. The normalized spacial score (nSPS) is 13.9. The van der Waals surface area contributed by atoms with Gasteiger partial charge in [-0.3, -0.25) is 14.2 Å². The van der Waals surface area contributed by atoms with Crippen molar-refractivity contribution in [3.63, 3.8) is 0 Å². The van der Waals surface area contributed by atoms with Gasteiger partial charge < -0.3 is 10.2 Å². The van der Waals surface area contributed by atoms with Crippen LogP contribution in [0.15, 0.2) is 53.6 Å². The average Bonchev–Trinajstić information content (AvgIpc) is 3.24. The number of pyridine rings is 1. The van der Waals surface area contributed by atoms with Gasteiger partial charge in [0.15, 0.2) is 0 Å². The first kappa shape index (κ1) is 17.2. The highest BCUT2D eigenvalue weighted by Gasteiger charge is 2.13. The molecule has 0 aliphatic carbocycles. The summed E-state index contributed by atoms with van der Waals surface area (Å²) in [6.45, 7) is 2.44. The largest absolute Gasteiger partial charge is 0.357 e. The van der Waals surface area contributed by atoms with E-state index < -0.39 is 0 Å². The number of aromatic nitrogens is 3. The fourth-order valence-corrected chi connectivity index (χ4v) is 3.33. The van der Waals surface area contributed by atoms with Crippen LogP contribution in [0.3, 0.4) is 0 Å². The molecule has 1 aliphatic rings. The summed E-state index contributed by atoms with van der Waals surface area (Å²) < 4.78 is 1.44. The van der Waals surface area contributed by atoms with Crippen LogP contribution in [0.4, 0.5) is 5.82 Å². The molecule has 0 radical (unpaired) electrons. The van der Waals surface area contributed by atoms with E-state index in [2.05, 4.69) is 20.2 Å². The summed E-state index contributed by atoms with van der Waals surface area (Å²) in [5, 5.41) is 2.86. The zero-order chi connectivity index (χ0) is 18.6. The third kappa shape index (κ3) is 3.81. The maximum atomic E-state index is 12.3. The Kier molecular flexibility index (Phi) is 4.82. The first-order valence-electron chi connectivity index (χ1n) is 9.12. The van der Waals surface area contributed by atoms with Crippen LogP contribution in [-0.4, -0.2) is 33.5 Å². The van der Waals surface area contributed by atoms with Gasteiger partial charge in [-0.1, -0.05) is 18.2 Å². The molecule has 0 atom stereocenters. The molecule has 3 aromatic rings. The van der Waals surface area contributed by atoms with Crippen molar-refractivity contribution in [2.24, 2.45) is 0 Å².